The van der Waals surface area contributed by atoms with Gasteiger partial charge < -0.3 is 14.2 Å². The fourth-order valence-corrected chi connectivity index (χ4v) is 7.28. The zero-order valence-electron chi connectivity index (χ0n) is 37.6. The molecule has 0 amide bonds. The molecule has 0 aliphatic heterocycles. The highest BCUT2D eigenvalue weighted by atomic mass is 16.6. The molecular formula is C49H94O6. The lowest BCUT2D eigenvalue weighted by Crippen LogP contribution is -2.30. The van der Waals surface area contributed by atoms with Crippen molar-refractivity contribution in [1.82, 2.24) is 0 Å². The Kier molecular flexibility index (Phi) is 40.8. The Morgan fingerprint density at radius 1 is 0.345 bits per heavy atom. The topological polar surface area (TPSA) is 78.9 Å². The van der Waals surface area contributed by atoms with Gasteiger partial charge in [0, 0.05) is 19.3 Å². The zero-order valence-corrected chi connectivity index (χ0v) is 37.6. The molecule has 0 spiro atoms. The largest absolute Gasteiger partial charge is 0.462 e. The quantitative estimate of drug-likeness (QED) is 0.0348. The Morgan fingerprint density at radius 2 is 0.600 bits per heavy atom. The van der Waals surface area contributed by atoms with Crippen LogP contribution in [0.4, 0.5) is 0 Å². The van der Waals surface area contributed by atoms with E-state index in [0.717, 1.165) is 69.6 Å². The lowest BCUT2D eigenvalue weighted by molar-refractivity contribution is -0.167. The highest BCUT2D eigenvalue weighted by molar-refractivity contribution is 5.71. The summed E-state index contributed by atoms with van der Waals surface area (Å²) in [5, 5.41) is 0. The van der Waals surface area contributed by atoms with E-state index in [2.05, 4.69) is 34.6 Å². The minimum atomic E-state index is -0.760. The molecular weight excluding hydrogens is 685 g/mol. The van der Waals surface area contributed by atoms with E-state index in [0.29, 0.717) is 19.3 Å². The molecule has 6 heteroatoms. The first kappa shape index (κ1) is 53.4. The van der Waals surface area contributed by atoms with Gasteiger partial charge in [0.2, 0.25) is 0 Å². The fraction of sp³-hybridized carbons (Fsp3) is 0.939. The third-order valence-corrected chi connectivity index (χ3v) is 11.0. The predicted molar refractivity (Wildman–Crippen MR) is 233 cm³/mol. The Bertz CT molecular complexity index is 839. The van der Waals surface area contributed by atoms with Crippen molar-refractivity contribution in [1.29, 1.82) is 0 Å². The fourth-order valence-electron chi connectivity index (χ4n) is 7.28. The molecule has 6 nitrogen and oxygen atoms in total. The summed E-state index contributed by atoms with van der Waals surface area (Å²) >= 11 is 0. The third-order valence-electron chi connectivity index (χ3n) is 11.0. The average molecular weight is 779 g/mol. The van der Waals surface area contributed by atoms with E-state index in [9.17, 15) is 14.4 Å². The van der Waals surface area contributed by atoms with Gasteiger partial charge in [-0.1, -0.05) is 227 Å². The van der Waals surface area contributed by atoms with Gasteiger partial charge >= 0.3 is 17.9 Å². The van der Waals surface area contributed by atoms with Gasteiger partial charge in [0.15, 0.2) is 6.10 Å². The van der Waals surface area contributed by atoms with Gasteiger partial charge in [-0.15, -0.1) is 0 Å². The number of hydrogen-bond acceptors (Lipinski definition) is 6. The van der Waals surface area contributed by atoms with E-state index in [4.69, 9.17) is 14.2 Å². The monoisotopic (exact) mass is 779 g/mol. The van der Waals surface area contributed by atoms with Crippen molar-refractivity contribution < 1.29 is 28.6 Å². The van der Waals surface area contributed by atoms with Crippen LogP contribution in [0, 0.1) is 11.8 Å². The minimum absolute atomic E-state index is 0.0650. The molecule has 0 aliphatic carbocycles. The molecule has 0 heterocycles. The summed E-state index contributed by atoms with van der Waals surface area (Å²) < 4.78 is 16.7. The van der Waals surface area contributed by atoms with Gasteiger partial charge in [0.05, 0.1) is 0 Å². The van der Waals surface area contributed by atoms with Crippen LogP contribution in [-0.2, 0) is 28.6 Å². The van der Waals surface area contributed by atoms with Crippen LogP contribution < -0.4 is 0 Å². The predicted octanol–water partition coefficient (Wildman–Crippen LogP) is 15.4. The second-order valence-electron chi connectivity index (χ2n) is 17.7. The number of carbonyl (C=O) groups is 3. The van der Waals surface area contributed by atoms with Crippen LogP contribution in [0.25, 0.3) is 0 Å². The van der Waals surface area contributed by atoms with E-state index >= 15 is 0 Å². The first-order valence-corrected chi connectivity index (χ1v) is 24.2. The highest BCUT2D eigenvalue weighted by Gasteiger charge is 2.19. The number of carbonyl (C=O) groups excluding carboxylic acids is 3. The smallest absolute Gasteiger partial charge is 0.306 e. The maximum atomic E-state index is 12.7. The molecule has 0 saturated heterocycles. The van der Waals surface area contributed by atoms with Gasteiger partial charge in [-0.25, -0.2) is 0 Å². The molecule has 0 unspecified atom stereocenters. The number of ether oxygens (including phenoxy) is 3. The summed E-state index contributed by atoms with van der Waals surface area (Å²) in [7, 11) is 0. The van der Waals surface area contributed by atoms with Crippen LogP contribution in [0.1, 0.15) is 266 Å². The average Bonchev–Trinajstić information content (AvgIpc) is 3.15. The van der Waals surface area contributed by atoms with E-state index in [1.54, 1.807) is 0 Å². The van der Waals surface area contributed by atoms with Crippen molar-refractivity contribution in [2.75, 3.05) is 13.2 Å². The number of unbranched alkanes of at least 4 members (excludes halogenated alkanes) is 28. The number of rotatable bonds is 43. The molecule has 0 aromatic heterocycles. The normalized spacial score (nSPS) is 12.1. The Hall–Kier alpha value is -1.59. The second kappa shape index (κ2) is 42.0. The van der Waals surface area contributed by atoms with Crippen molar-refractivity contribution in [3.05, 3.63) is 0 Å². The van der Waals surface area contributed by atoms with Gasteiger partial charge in [-0.3, -0.25) is 14.4 Å². The van der Waals surface area contributed by atoms with Crippen molar-refractivity contribution in [2.24, 2.45) is 11.8 Å². The first-order chi connectivity index (χ1) is 26.7. The van der Waals surface area contributed by atoms with Crippen LogP contribution in [0.15, 0.2) is 0 Å². The molecule has 0 radical (unpaired) electrons. The standard InChI is InChI=1S/C49H94O6/c1-6-7-8-9-10-19-24-31-36-41-49(52)55-46(43-54-48(51)40-35-30-26-25-28-33-38-45(4)5)42-53-47(50)39-34-29-23-21-18-16-14-12-11-13-15-17-20-22-27-32-37-44(2)3/h44-46H,6-43H2,1-5H3/t46-/m1/s1. The van der Waals surface area contributed by atoms with Gasteiger partial charge in [-0.2, -0.15) is 0 Å². The zero-order chi connectivity index (χ0) is 40.5. The van der Waals surface area contributed by atoms with Gasteiger partial charge in [-0.05, 0) is 31.1 Å². The van der Waals surface area contributed by atoms with Gasteiger partial charge in [0.25, 0.3) is 0 Å². The van der Waals surface area contributed by atoms with Crippen LogP contribution in [-0.4, -0.2) is 37.2 Å². The van der Waals surface area contributed by atoms with Crippen LogP contribution >= 0.6 is 0 Å². The molecule has 0 rings (SSSR count). The van der Waals surface area contributed by atoms with E-state index in [1.165, 1.54) is 154 Å². The highest BCUT2D eigenvalue weighted by Crippen LogP contribution is 2.17. The number of hydrogen-bond donors (Lipinski definition) is 0. The Morgan fingerprint density at radius 3 is 0.891 bits per heavy atom. The Balaban J connectivity index is 4.18. The lowest BCUT2D eigenvalue weighted by Gasteiger charge is -2.18. The van der Waals surface area contributed by atoms with Crippen LogP contribution in [0.2, 0.25) is 0 Å². The van der Waals surface area contributed by atoms with Crippen LogP contribution in [0.5, 0.6) is 0 Å². The molecule has 0 bridgehead atoms. The SMILES string of the molecule is CCCCCCCCCCCC(=O)O[C@H](COC(=O)CCCCCCCCCCCCCCCCCCC(C)C)COC(=O)CCCCCCCCC(C)C. The molecule has 1 atom stereocenters. The molecule has 0 aliphatic rings. The minimum Gasteiger partial charge on any atom is -0.462 e. The number of esters is 3. The summed E-state index contributed by atoms with van der Waals surface area (Å²) in [6.07, 6.45) is 41.1. The van der Waals surface area contributed by atoms with E-state index in [1.807, 2.05) is 0 Å². The third kappa shape index (κ3) is 43.4. The molecule has 0 saturated carbocycles. The van der Waals surface area contributed by atoms with Crippen molar-refractivity contribution in [3.8, 4) is 0 Å². The van der Waals surface area contributed by atoms with E-state index < -0.39 is 6.10 Å². The van der Waals surface area contributed by atoms with E-state index in [-0.39, 0.29) is 31.1 Å². The molecule has 0 N–H and O–H groups in total. The van der Waals surface area contributed by atoms with Crippen molar-refractivity contribution in [2.45, 2.75) is 272 Å². The second-order valence-corrected chi connectivity index (χ2v) is 17.7. The summed E-state index contributed by atoms with van der Waals surface area (Å²) in [4.78, 5) is 37.7. The van der Waals surface area contributed by atoms with Crippen LogP contribution in [0.3, 0.4) is 0 Å². The Labute approximate surface area is 342 Å². The molecule has 0 fully saturated rings. The summed E-state index contributed by atoms with van der Waals surface area (Å²) in [5.74, 6) is 0.756. The lowest BCUT2D eigenvalue weighted by atomic mass is 10.0. The van der Waals surface area contributed by atoms with Crippen molar-refractivity contribution >= 4 is 17.9 Å². The summed E-state index contributed by atoms with van der Waals surface area (Å²) in [6.45, 7) is 11.3. The molecule has 0 aromatic carbocycles. The van der Waals surface area contributed by atoms with Gasteiger partial charge in [0.1, 0.15) is 13.2 Å². The summed E-state index contributed by atoms with van der Waals surface area (Å²) in [6, 6.07) is 0. The van der Waals surface area contributed by atoms with Crippen molar-refractivity contribution in [3.63, 3.8) is 0 Å². The maximum absolute atomic E-state index is 12.7. The molecule has 326 valence electrons. The summed E-state index contributed by atoms with van der Waals surface area (Å²) in [5.41, 5.74) is 0. The maximum Gasteiger partial charge on any atom is 0.306 e. The molecule has 55 heavy (non-hydrogen) atoms. The first-order valence-electron chi connectivity index (χ1n) is 24.2. The molecule has 0 aromatic rings.